The highest BCUT2D eigenvalue weighted by Crippen LogP contribution is 2.31. The van der Waals surface area contributed by atoms with Gasteiger partial charge in [-0.3, -0.25) is 4.79 Å². The molecule has 1 aromatic rings. The van der Waals surface area contributed by atoms with Crippen molar-refractivity contribution in [1.29, 1.82) is 0 Å². The molecule has 2 N–H and O–H groups in total. The van der Waals surface area contributed by atoms with Gasteiger partial charge in [0, 0.05) is 51.1 Å². The number of benzene rings is 1. The van der Waals surface area contributed by atoms with Gasteiger partial charge in [-0.05, 0) is 5.56 Å². The van der Waals surface area contributed by atoms with Crippen molar-refractivity contribution >= 4 is 22.0 Å². The highest BCUT2D eigenvalue weighted by molar-refractivity contribution is 7.88. The molecule has 0 aliphatic carbocycles. The number of nitrogens with one attached hydrogen (secondary N) is 2. The zero-order valence-electron chi connectivity index (χ0n) is 14.8. The Morgan fingerprint density at radius 3 is 2.58 bits per heavy atom. The van der Waals surface area contributed by atoms with E-state index in [1.165, 1.54) is 4.31 Å². The lowest BCUT2D eigenvalue weighted by atomic mass is 9.86. The molecule has 3 amide bonds. The summed E-state index contributed by atoms with van der Waals surface area (Å²) in [7, 11) is -3.40. The summed E-state index contributed by atoms with van der Waals surface area (Å²) >= 11 is 0. The third-order valence-electron chi connectivity index (χ3n) is 4.90. The minimum atomic E-state index is -3.40. The number of carbonyl (C=O) groups excluding carboxylic acids is 2. The number of nitrogens with zero attached hydrogens (tertiary/aromatic N) is 2. The molecule has 2 saturated heterocycles. The SMILES string of the molecule is CS(=O)(=O)N1CCN(C(=O)NCc2ccccc2)C[C@@]2(CNC(=O)C2)C1. The molecule has 2 fully saturated rings. The van der Waals surface area contributed by atoms with E-state index in [0.717, 1.165) is 11.8 Å². The second kappa shape index (κ2) is 7.24. The van der Waals surface area contributed by atoms with Gasteiger partial charge in [0.15, 0.2) is 0 Å². The van der Waals surface area contributed by atoms with Gasteiger partial charge >= 0.3 is 6.03 Å². The molecule has 2 aliphatic heterocycles. The van der Waals surface area contributed by atoms with Crippen LogP contribution in [-0.4, -0.2) is 68.5 Å². The monoisotopic (exact) mass is 380 g/mol. The maximum atomic E-state index is 12.6. The van der Waals surface area contributed by atoms with Crippen molar-refractivity contribution in [3.63, 3.8) is 0 Å². The molecule has 0 radical (unpaired) electrons. The molecule has 1 aromatic carbocycles. The van der Waals surface area contributed by atoms with Crippen molar-refractivity contribution in [2.24, 2.45) is 5.41 Å². The topological polar surface area (TPSA) is 98.8 Å². The minimum Gasteiger partial charge on any atom is -0.355 e. The van der Waals surface area contributed by atoms with Gasteiger partial charge in [-0.1, -0.05) is 30.3 Å². The molecule has 8 nitrogen and oxygen atoms in total. The average Bonchev–Trinajstić information content (AvgIpc) is 2.83. The molecule has 2 heterocycles. The van der Waals surface area contributed by atoms with Crippen molar-refractivity contribution in [3.05, 3.63) is 35.9 Å². The first-order valence-corrected chi connectivity index (χ1v) is 10.4. The van der Waals surface area contributed by atoms with Crippen LogP contribution in [-0.2, 0) is 21.4 Å². The van der Waals surface area contributed by atoms with Gasteiger partial charge in [0.1, 0.15) is 0 Å². The Labute approximate surface area is 153 Å². The van der Waals surface area contributed by atoms with E-state index in [0.29, 0.717) is 26.2 Å². The van der Waals surface area contributed by atoms with E-state index in [9.17, 15) is 18.0 Å². The van der Waals surface area contributed by atoms with Crippen LogP contribution in [0.15, 0.2) is 30.3 Å². The summed E-state index contributed by atoms with van der Waals surface area (Å²) in [6.45, 7) is 1.89. The van der Waals surface area contributed by atoms with E-state index < -0.39 is 15.4 Å². The van der Waals surface area contributed by atoms with E-state index >= 15 is 0 Å². The highest BCUT2D eigenvalue weighted by Gasteiger charge is 2.45. The van der Waals surface area contributed by atoms with Crippen molar-refractivity contribution in [3.8, 4) is 0 Å². The first-order valence-electron chi connectivity index (χ1n) is 8.56. The van der Waals surface area contributed by atoms with Gasteiger partial charge in [-0.2, -0.15) is 4.31 Å². The molecule has 142 valence electrons. The van der Waals surface area contributed by atoms with Crippen molar-refractivity contribution in [2.45, 2.75) is 13.0 Å². The lowest BCUT2D eigenvalue weighted by Gasteiger charge is -2.32. The summed E-state index contributed by atoms with van der Waals surface area (Å²) in [6.07, 6.45) is 1.39. The van der Waals surface area contributed by atoms with E-state index in [1.54, 1.807) is 4.90 Å². The molecule has 1 spiro atoms. The third kappa shape index (κ3) is 4.34. The maximum absolute atomic E-state index is 12.6. The molecule has 0 saturated carbocycles. The molecule has 1 atom stereocenters. The zero-order chi connectivity index (χ0) is 18.8. The molecule has 3 rings (SSSR count). The number of hydrogen-bond donors (Lipinski definition) is 2. The molecule has 0 unspecified atom stereocenters. The summed E-state index contributed by atoms with van der Waals surface area (Å²) in [6, 6.07) is 9.32. The molecule has 2 aliphatic rings. The molecule has 0 aromatic heterocycles. The number of carbonyl (C=O) groups is 2. The second-order valence-electron chi connectivity index (χ2n) is 7.12. The number of sulfonamides is 1. The van der Waals surface area contributed by atoms with Crippen molar-refractivity contribution in [1.82, 2.24) is 19.8 Å². The predicted octanol–water partition coefficient (Wildman–Crippen LogP) is -0.0203. The Morgan fingerprint density at radius 1 is 1.23 bits per heavy atom. The maximum Gasteiger partial charge on any atom is 0.317 e. The molecular weight excluding hydrogens is 356 g/mol. The largest absolute Gasteiger partial charge is 0.355 e. The Balaban J connectivity index is 1.72. The average molecular weight is 380 g/mol. The lowest BCUT2D eigenvalue weighted by molar-refractivity contribution is -0.119. The predicted molar refractivity (Wildman–Crippen MR) is 96.7 cm³/mol. The van der Waals surface area contributed by atoms with Crippen LogP contribution in [0.25, 0.3) is 0 Å². The van der Waals surface area contributed by atoms with Gasteiger partial charge < -0.3 is 15.5 Å². The van der Waals surface area contributed by atoms with Crippen LogP contribution in [0.1, 0.15) is 12.0 Å². The summed E-state index contributed by atoms with van der Waals surface area (Å²) in [5, 5.41) is 5.66. The number of rotatable bonds is 3. The highest BCUT2D eigenvalue weighted by atomic mass is 32.2. The van der Waals surface area contributed by atoms with Crippen LogP contribution >= 0.6 is 0 Å². The van der Waals surface area contributed by atoms with Crippen LogP contribution in [0.4, 0.5) is 4.79 Å². The third-order valence-corrected chi connectivity index (χ3v) is 6.15. The number of hydrogen-bond acceptors (Lipinski definition) is 4. The quantitative estimate of drug-likeness (QED) is 0.770. The Hall–Kier alpha value is -2.13. The number of urea groups is 1. The minimum absolute atomic E-state index is 0.106. The van der Waals surface area contributed by atoms with Gasteiger partial charge in [0.2, 0.25) is 15.9 Å². The van der Waals surface area contributed by atoms with Crippen LogP contribution in [0.3, 0.4) is 0 Å². The van der Waals surface area contributed by atoms with Crippen LogP contribution < -0.4 is 10.6 Å². The van der Waals surface area contributed by atoms with Gasteiger partial charge in [0.25, 0.3) is 0 Å². The molecule has 26 heavy (non-hydrogen) atoms. The standard InChI is InChI=1S/C17H24N4O4S/c1-26(24,25)21-8-7-20(12-17(13-21)9-15(22)19-11-17)16(23)18-10-14-5-3-2-4-6-14/h2-6H,7-13H2,1H3,(H,18,23)(H,19,22)/t17-/m1/s1. The molecular formula is C17H24N4O4S. The normalized spacial score (nSPS) is 24.3. The van der Waals surface area contributed by atoms with Crippen molar-refractivity contribution < 1.29 is 18.0 Å². The summed E-state index contributed by atoms with van der Waals surface area (Å²) < 4.78 is 25.5. The number of amides is 3. The summed E-state index contributed by atoms with van der Waals surface area (Å²) in [5.41, 5.74) is 0.404. The zero-order valence-corrected chi connectivity index (χ0v) is 15.6. The second-order valence-corrected chi connectivity index (χ2v) is 9.10. The van der Waals surface area contributed by atoms with Crippen LogP contribution in [0.5, 0.6) is 0 Å². The summed E-state index contributed by atoms with van der Waals surface area (Å²) in [5.74, 6) is -0.106. The van der Waals surface area contributed by atoms with Gasteiger partial charge in [0.05, 0.1) is 6.26 Å². The van der Waals surface area contributed by atoms with E-state index in [1.807, 2.05) is 30.3 Å². The van der Waals surface area contributed by atoms with Crippen molar-refractivity contribution in [2.75, 3.05) is 39.0 Å². The fourth-order valence-electron chi connectivity index (χ4n) is 3.54. The molecule has 9 heteroatoms. The Kier molecular flexibility index (Phi) is 5.19. The first kappa shape index (κ1) is 18.7. The van der Waals surface area contributed by atoms with E-state index in [2.05, 4.69) is 10.6 Å². The Bertz CT molecular complexity index is 783. The fraction of sp³-hybridized carbons (Fsp3) is 0.529. The molecule has 0 bridgehead atoms. The Morgan fingerprint density at radius 2 is 1.96 bits per heavy atom. The lowest BCUT2D eigenvalue weighted by Crippen LogP contribution is -2.47. The van der Waals surface area contributed by atoms with Gasteiger partial charge in [-0.25, -0.2) is 13.2 Å². The van der Waals surface area contributed by atoms with E-state index in [4.69, 9.17) is 0 Å². The first-order chi connectivity index (χ1) is 12.3. The van der Waals surface area contributed by atoms with Crippen LogP contribution in [0, 0.1) is 5.41 Å². The smallest absolute Gasteiger partial charge is 0.317 e. The van der Waals surface area contributed by atoms with Crippen LogP contribution in [0.2, 0.25) is 0 Å². The van der Waals surface area contributed by atoms with E-state index in [-0.39, 0.29) is 31.4 Å². The fourth-order valence-corrected chi connectivity index (χ4v) is 4.46. The van der Waals surface area contributed by atoms with Gasteiger partial charge in [-0.15, -0.1) is 0 Å². The summed E-state index contributed by atoms with van der Waals surface area (Å²) in [4.78, 5) is 26.0.